The van der Waals surface area contributed by atoms with Crippen molar-refractivity contribution in [1.29, 1.82) is 0 Å². The number of amides is 1. The van der Waals surface area contributed by atoms with Crippen LogP contribution in [0.25, 0.3) is 0 Å². The second-order valence-electron chi connectivity index (χ2n) is 3.67. The lowest BCUT2D eigenvalue weighted by Crippen LogP contribution is -2.34. The Labute approximate surface area is 105 Å². The Bertz CT molecular complexity index is 385. The molecule has 0 aliphatic heterocycles. The predicted octanol–water partition coefficient (Wildman–Crippen LogP) is 2.09. The van der Waals surface area contributed by atoms with Crippen molar-refractivity contribution in [2.24, 2.45) is 0 Å². The van der Waals surface area contributed by atoms with Gasteiger partial charge in [0.1, 0.15) is 5.82 Å². The fourth-order valence-electron chi connectivity index (χ4n) is 1.32. The van der Waals surface area contributed by atoms with Crippen LogP contribution >= 0.6 is 11.6 Å². The van der Waals surface area contributed by atoms with Gasteiger partial charge in [0.05, 0.1) is 11.6 Å². The lowest BCUT2D eigenvalue weighted by atomic mass is 10.2. The zero-order valence-electron chi connectivity index (χ0n) is 9.72. The number of halogens is 2. The van der Waals surface area contributed by atoms with E-state index in [2.05, 4.69) is 10.6 Å². The molecule has 0 bridgehead atoms. The van der Waals surface area contributed by atoms with Gasteiger partial charge in [-0.25, -0.2) is 4.39 Å². The van der Waals surface area contributed by atoms with Crippen LogP contribution in [0.5, 0.6) is 0 Å². The molecule has 17 heavy (non-hydrogen) atoms. The van der Waals surface area contributed by atoms with Crippen LogP contribution in [0.15, 0.2) is 18.2 Å². The highest BCUT2D eigenvalue weighted by atomic mass is 35.5. The van der Waals surface area contributed by atoms with E-state index in [4.69, 9.17) is 11.6 Å². The Morgan fingerprint density at radius 3 is 2.94 bits per heavy atom. The third-order valence-corrected chi connectivity index (χ3v) is 2.50. The van der Waals surface area contributed by atoms with Crippen LogP contribution in [0.3, 0.4) is 0 Å². The monoisotopic (exact) mass is 258 g/mol. The number of carbonyl (C=O) groups excluding carboxylic acids is 1. The topological polar surface area (TPSA) is 41.1 Å². The molecule has 0 fully saturated rings. The van der Waals surface area contributed by atoms with Crippen LogP contribution in [0.1, 0.15) is 18.9 Å². The summed E-state index contributed by atoms with van der Waals surface area (Å²) in [7, 11) is 0. The molecule has 94 valence electrons. The second-order valence-corrected chi connectivity index (χ2v) is 4.07. The normalized spacial score (nSPS) is 10.3. The molecule has 0 spiro atoms. The Kier molecular flexibility index (Phi) is 5.94. The van der Waals surface area contributed by atoms with Gasteiger partial charge in [0.15, 0.2) is 0 Å². The van der Waals surface area contributed by atoms with Gasteiger partial charge in [-0.3, -0.25) is 4.79 Å². The van der Waals surface area contributed by atoms with E-state index in [0.717, 1.165) is 6.42 Å². The summed E-state index contributed by atoms with van der Waals surface area (Å²) in [6.07, 6.45) is 0.897. The average molecular weight is 259 g/mol. The van der Waals surface area contributed by atoms with Gasteiger partial charge in [0.2, 0.25) is 5.91 Å². The summed E-state index contributed by atoms with van der Waals surface area (Å²) in [5, 5.41) is 5.69. The van der Waals surface area contributed by atoms with Crippen LogP contribution < -0.4 is 10.6 Å². The number of benzene rings is 1. The first-order valence-corrected chi connectivity index (χ1v) is 5.93. The Balaban J connectivity index is 2.36. The lowest BCUT2D eigenvalue weighted by Gasteiger charge is -2.07. The fourth-order valence-corrected chi connectivity index (χ4v) is 1.52. The summed E-state index contributed by atoms with van der Waals surface area (Å²) in [5.41, 5.74) is 0.459. The number of carbonyl (C=O) groups is 1. The maximum absolute atomic E-state index is 13.5. The van der Waals surface area contributed by atoms with Gasteiger partial charge in [-0.2, -0.15) is 0 Å². The molecule has 3 nitrogen and oxygen atoms in total. The third kappa shape index (κ3) is 4.71. The van der Waals surface area contributed by atoms with Gasteiger partial charge in [0, 0.05) is 18.7 Å². The highest BCUT2D eigenvalue weighted by Gasteiger charge is 2.06. The highest BCUT2D eigenvalue weighted by Crippen LogP contribution is 2.17. The zero-order chi connectivity index (χ0) is 12.7. The number of nitrogens with one attached hydrogen (secondary N) is 2. The summed E-state index contributed by atoms with van der Waals surface area (Å²) >= 11 is 5.64. The van der Waals surface area contributed by atoms with E-state index >= 15 is 0 Å². The van der Waals surface area contributed by atoms with E-state index in [1.54, 1.807) is 12.1 Å². The number of hydrogen-bond donors (Lipinski definition) is 2. The maximum atomic E-state index is 13.5. The molecule has 2 N–H and O–H groups in total. The molecule has 0 aromatic heterocycles. The molecule has 0 saturated carbocycles. The van der Waals surface area contributed by atoms with Crippen molar-refractivity contribution in [3.05, 3.63) is 34.6 Å². The minimum absolute atomic E-state index is 0.0886. The first-order valence-electron chi connectivity index (χ1n) is 5.55. The standard InChI is InChI=1S/C12H16ClFN2O/c1-2-6-16-11(17)8-15-7-9-4-3-5-10(13)12(9)14/h3-5,15H,2,6-8H2,1H3,(H,16,17). The maximum Gasteiger partial charge on any atom is 0.233 e. The molecule has 1 rings (SSSR count). The molecule has 1 aromatic carbocycles. The van der Waals surface area contributed by atoms with Crippen LogP contribution in [0, 0.1) is 5.82 Å². The fraction of sp³-hybridized carbons (Fsp3) is 0.417. The number of rotatable bonds is 6. The lowest BCUT2D eigenvalue weighted by molar-refractivity contribution is -0.120. The Morgan fingerprint density at radius 2 is 2.24 bits per heavy atom. The molecule has 1 aromatic rings. The Morgan fingerprint density at radius 1 is 1.47 bits per heavy atom. The van der Waals surface area contributed by atoms with E-state index in [-0.39, 0.29) is 24.0 Å². The van der Waals surface area contributed by atoms with Gasteiger partial charge in [0.25, 0.3) is 0 Å². The van der Waals surface area contributed by atoms with Crippen molar-refractivity contribution in [3.8, 4) is 0 Å². The predicted molar refractivity (Wildman–Crippen MR) is 66.4 cm³/mol. The summed E-state index contributed by atoms with van der Waals surface area (Å²) < 4.78 is 13.5. The van der Waals surface area contributed by atoms with Gasteiger partial charge in [-0.1, -0.05) is 30.7 Å². The van der Waals surface area contributed by atoms with Gasteiger partial charge in [-0.15, -0.1) is 0 Å². The third-order valence-electron chi connectivity index (χ3n) is 2.20. The minimum Gasteiger partial charge on any atom is -0.355 e. The van der Waals surface area contributed by atoms with Crippen LogP contribution in [0.2, 0.25) is 5.02 Å². The zero-order valence-corrected chi connectivity index (χ0v) is 10.5. The van der Waals surface area contributed by atoms with Crippen molar-refractivity contribution in [2.75, 3.05) is 13.1 Å². The minimum atomic E-state index is -0.435. The van der Waals surface area contributed by atoms with Crippen LogP contribution in [-0.4, -0.2) is 19.0 Å². The summed E-state index contributed by atoms with van der Waals surface area (Å²) in [4.78, 5) is 11.3. The second kappa shape index (κ2) is 7.25. The molecular formula is C12H16ClFN2O. The van der Waals surface area contributed by atoms with Crippen LogP contribution in [0.4, 0.5) is 4.39 Å². The van der Waals surface area contributed by atoms with E-state index in [9.17, 15) is 9.18 Å². The number of hydrogen-bond acceptors (Lipinski definition) is 2. The van der Waals surface area contributed by atoms with E-state index in [0.29, 0.717) is 12.1 Å². The van der Waals surface area contributed by atoms with E-state index in [1.165, 1.54) is 6.07 Å². The van der Waals surface area contributed by atoms with Gasteiger partial charge < -0.3 is 10.6 Å². The molecule has 5 heteroatoms. The van der Waals surface area contributed by atoms with Crippen molar-refractivity contribution in [2.45, 2.75) is 19.9 Å². The van der Waals surface area contributed by atoms with E-state index < -0.39 is 5.82 Å². The first-order chi connectivity index (χ1) is 8.15. The molecule has 0 heterocycles. The van der Waals surface area contributed by atoms with Crippen LogP contribution in [-0.2, 0) is 11.3 Å². The van der Waals surface area contributed by atoms with Gasteiger partial charge in [-0.05, 0) is 12.5 Å². The largest absolute Gasteiger partial charge is 0.355 e. The van der Waals surface area contributed by atoms with E-state index in [1.807, 2.05) is 6.92 Å². The summed E-state index contributed by atoms with van der Waals surface area (Å²) in [5.74, 6) is -0.523. The Hall–Kier alpha value is -1.13. The van der Waals surface area contributed by atoms with Gasteiger partial charge >= 0.3 is 0 Å². The molecule has 0 atom stereocenters. The SMILES string of the molecule is CCCNC(=O)CNCc1cccc(Cl)c1F. The first kappa shape index (κ1) is 13.9. The molecule has 0 unspecified atom stereocenters. The molecular weight excluding hydrogens is 243 g/mol. The van der Waals surface area contributed by atoms with Crippen molar-refractivity contribution >= 4 is 17.5 Å². The van der Waals surface area contributed by atoms with Crippen molar-refractivity contribution in [3.63, 3.8) is 0 Å². The summed E-state index contributed by atoms with van der Waals surface area (Å²) in [6.45, 7) is 3.10. The highest BCUT2D eigenvalue weighted by molar-refractivity contribution is 6.30. The van der Waals surface area contributed by atoms with Crippen molar-refractivity contribution < 1.29 is 9.18 Å². The summed E-state index contributed by atoms with van der Waals surface area (Å²) in [6, 6.07) is 4.81. The molecule has 0 radical (unpaired) electrons. The average Bonchev–Trinajstić information content (AvgIpc) is 2.32. The molecule has 1 amide bonds. The molecule has 0 aliphatic carbocycles. The smallest absolute Gasteiger partial charge is 0.233 e. The quantitative estimate of drug-likeness (QED) is 0.820. The molecule has 0 aliphatic rings. The van der Waals surface area contributed by atoms with Crippen molar-refractivity contribution in [1.82, 2.24) is 10.6 Å². The molecule has 0 saturated heterocycles.